The number of alkyl halides is 2. The van der Waals surface area contributed by atoms with Crippen LogP contribution in [0, 0.1) is 17.1 Å². The second-order valence-corrected chi connectivity index (χ2v) is 11.3. The van der Waals surface area contributed by atoms with Crippen molar-refractivity contribution >= 4 is 56.6 Å². The Kier molecular flexibility index (Phi) is 10.4. The van der Waals surface area contributed by atoms with Gasteiger partial charge in [-0.2, -0.15) is 5.26 Å². The molecule has 0 aliphatic carbocycles. The summed E-state index contributed by atoms with van der Waals surface area (Å²) >= 11 is 15.5. The summed E-state index contributed by atoms with van der Waals surface area (Å²) in [6, 6.07) is 13.5. The summed E-state index contributed by atoms with van der Waals surface area (Å²) in [5.41, 5.74) is 0.753. The molecule has 1 heterocycles. The number of nitrogens with one attached hydrogen (secondary N) is 2. The first kappa shape index (κ1) is 31.6. The van der Waals surface area contributed by atoms with Crippen LogP contribution in [0.4, 0.5) is 18.9 Å². The van der Waals surface area contributed by atoms with Gasteiger partial charge < -0.3 is 20.3 Å². The van der Waals surface area contributed by atoms with Gasteiger partial charge in [0.1, 0.15) is 5.75 Å². The Morgan fingerprint density at radius 2 is 1.83 bits per heavy atom. The van der Waals surface area contributed by atoms with Crippen LogP contribution in [-0.2, 0) is 11.2 Å². The summed E-state index contributed by atoms with van der Waals surface area (Å²) in [6.07, 6.45) is -0.740. The summed E-state index contributed by atoms with van der Waals surface area (Å²) in [6.45, 7) is 1.27. The van der Waals surface area contributed by atoms with E-state index in [2.05, 4.69) is 26.6 Å². The maximum absolute atomic E-state index is 15.3. The van der Waals surface area contributed by atoms with Gasteiger partial charge >= 0.3 is 0 Å². The molecule has 13 heteroatoms. The maximum atomic E-state index is 15.3. The van der Waals surface area contributed by atoms with E-state index in [0.29, 0.717) is 6.54 Å². The molecular formula is C29H24BrCl2F3N4O3. The number of nitrogens with zero attached hydrogens (tertiary/aromatic N) is 2. The van der Waals surface area contributed by atoms with Crippen LogP contribution >= 0.6 is 39.1 Å². The van der Waals surface area contributed by atoms with Crippen LogP contribution in [0.2, 0.25) is 10.0 Å². The number of ether oxygens (including phenoxy) is 1. The molecule has 0 atom stereocenters. The van der Waals surface area contributed by atoms with Crippen LogP contribution in [0.1, 0.15) is 34.3 Å². The highest BCUT2D eigenvalue weighted by atomic mass is 79.9. The topological polar surface area (TPSA) is 94.5 Å². The lowest BCUT2D eigenvalue weighted by Crippen LogP contribution is -2.43. The molecular weight excluding hydrogens is 660 g/mol. The molecule has 1 saturated heterocycles. The number of likely N-dealkylation sites (tertiary alicyclic amines) is 1. The van der Waals surface area contributed by atoms with Crippen LogP contribution in [0.3, 0.4) is 0 Å². The first-order valence-corrected chi connectivity index (χ1v) is 14.3. The molecule has 3 aromatic carbocycles. The number of amides is 2. The van der Waals surface area contributed by atoms with E-state index in [1.807, 2.05) is 11.0 Å². The number of hydrogen-bond donors (Lipinski definition) is 2. The number of hydrogen-bond acceptors (Lipinski definition) is 5. The minimum Gasteiger partial charge on any atom is -0.453 e. The number of piperidine rings is 1. The molecule has 0 saturated carbocycles. The highest BCUT2D eigenvalue weighted by Crippen LogP contribution is 2.36. The Balaban J connectivity index is 1.34. The smallest absolute Gasteiger partial charge is 0.251 e. The van der Waals surface area contributed by atoms with Gasteiger partial charge in [0.2, 0.25) is 5.91 Å². The van der Waals surface area contributed by atoms with Gasteiger partial charge in [0.25, 0.3) is 11.8 Å². The number of benzene rings is 3. The fraction of sp³-hybridized carbons (Fsp3) is 0.276. The second kappa shape index (κ2) is 13.8. The number of nitriles is 1. The summed E-state index contributed by atoms with van der Waals surface area (Å²) in [7, 11) is 0. The normalized spacial score (nSPS) is 14.6. The number of rotatable bonds is 9. The number of halogens is 6. The lowest BCUT2D eigenvalue weighted by atomic mass is 10.1. The van der Waals surface area contributed by atoms with Gasteiger partial charge in [-0.25, -0.2) is 13.2 Å². The molecule has 1 aliphatic rings. The molecule has 0 aromatic heterocycles. The number of carbonyl (C=O) groups excluding carboxylic acids is 2. The first-order chi connectivity index (χ1) is 19.9. The van der Waals surface area contributed by atoms with Crippen LogP contribution < -0.4 is 15.4 Å². The highest BCUT2D eigenvalue weighted by Gasteiger charge is 2.33. The van der Waals surface area contributed by atoms with Crippen molar-refractivity contribution in [2.45, 2.75) is 25.2 Å². The van der Waals surface area contributed by atoms with Crippen LogP contribution in [0.25, 0.3) is 0 Å². The van der Waals surface area contributed by atoms with Crippen molar-refractivity contribution < 1.29 is 27.5 Å². The van der Waals surface area contributed by atoms with E-state index in [0.717, 1.165) is 0 Å². The largest absolute Gasteiger partial charge is 0.453 e. The van der Waals surface area contributed by atoms with Crippen molar-refractivity contribution in [3.05, 3.63) is 85.6 Å². The zero-order chi connectivity index (χ0) is 30.4. The molecule has 2 N–H and O–H groups in total. The molecule has 0 spiro atoms. The van der Waals surface area contributed by atoms with E-state index in [-0.39, 0.29) is 87.3 Å². The van der Waals surface area contributed by atoms with Crippen molar-refractivity contribution in [2.24, 2.45) is 0 Å². The van der Waals surface area contributed by atoms with E-state index in [1.165, 1.54) is 48.5 Å². The summed E-state index contributed by atoms with van der Waals surface area (Å²) in [5, 5.41) is 14.8. The predicted octanol–water partition coefficient (Wildman–Crippen LogP) is 7.20. The lowest BCUT2D eigenvalue weighted by molar-refractivity contribution is -0.115. The second-order valence-electron chi connectivity index (χ2n) is 9.61. The Bertz CT molecular complexity index is 1540. The van der Waals surface area contributed by atoms with Crippen molar-refractivity contribution in [1.29, 1.82) is 5.26 Å². The lowest BCUT2D eigenvalue weighted by Gasteiger charge is -2.31. The molecule has 1 aliphatic heterocycles. The van der Waals surface area contributed by atoms with Crippen molar-refractivity contribution in [3.8, 4) is 17.6 Å². The van der Waals surface area contributed by atoms with Gasteiger partial charge in [-0.15, -0.1) is 0 Å². The zero-order valence-corrected chi connectivity index (χ0v) is 25.1. The number of anilines is 1. The van der Waals surface area contributed by atoms with Crippen LogP contribution in [0.15, 0.2) is 53.0 Å². The molecule has 0 bridgehead atoms. The van der Waals surface area contributed by atoms with Crippen LogP contribution in [0.5, 0.6) is 11.5 Å². The van der Waals surface area contributed by atoms with Crippen molar-refractivity contribution in [3.63, 3.8) is 0 Å². The third-order valence-corrected chi connectivity index (χ3v) is 7.66. The Hall–Kier alpha value is -3.30. The van der Waals surface area contributed by atoms with E-state index in [1.54, 1.807) is 0 Å². The van der Waals surface area contributed by atoms with Gasteiger partial charge in [0.15, 0.2) is 11.6 Å². The van der Waals surface area contributed by atoms with E-state index >= 15 is 4.39 Å². The van der Waals surface area contributed by atoms with E-state index in [4.69, 9.17) is 33.2 Å². The minimum atomic E-state index is -2.63. The molecule has 0 unspecified atom stereocenters. The Labute approximate surface area is 258 Å². The quantitative estimate of drug-likeness (QED) is 0.249. The van der Waals surface area contributed by atoms with Gasteiger partial charge in [-0.1, -0.05) is 29.3 Å². The van der Waals surface area contributed by atoms with Crippen molar-refractivity contribution in [2.75, 3.05) is 31.5 Å². The first-order valence-electron chi connectivity index (χ1n) is 12.8. The Morgan fingerprint density at radius 1 is 1.10 bits per heavy atom. The summed E-state index contributed by atoms with van der Waals surface area (Å²) in [4.78, 5) is 27.1. The van der Waals surface area contributed by atoms with Crippen LogP contribution in [-0.4, -0.2) is 48.8 Å². The molecule has 2 amide bonds. The average molecular weight is 684 g/mol. The summed E-state index contributed by atoms with van der Waals surface area (Å²) in [5.74, 6) is -4.41. The molecule has 0 radical (unpaired) electrons. The van der Waals surface area contributed by atoms with Gasteiger partial charge in [-0.05, 0) is 58.4 Å². The van der Waals surface area contributed by atoms with E-state index < -0.39 is 23.6 Å². The highest BCUT2D eigenvalue weighted by molar-refractivity contribution is 9.10. The molecule has 1 fully saturated rings. The average Bonchev–Trinajstić information content (AvgIpc) is 2.94. The number of carbonyl (C=O) groups is 2. The molecule has 3 aromatic rings. The monoisotopic (exact) mass is 682 g/mol. The minimum absolute atomic E-state index is 0.0396. The van der Waals surface area contributed by atoms with E-state index in [9.17, 15) is 18.4 Å². The maximum Gasteiger partial charge on any atom is 0.251 e. The van der Waals surface area contributed by atoms with Gasteiger partial charge in [-0.3, -0.25) is 9.59 Å². The summed E-state index contributed by atoms with van der Waals surface area (Å²) < 4.78 is 47.9. The Morgan fingerprint density at radius 3 is 2.52 bits per heavy atom. The fourth-order valence-electron chi connectivity index (χ4n) is 4.27. The molecule has 7 nitrogen and oxygen atoms in total. The zero-order valence-electron chi connectivity index (χ0n) is 22.0. The molecule has 4 rings (SSSR count). The third kappa shape index (κ3) is 8.38. The predicted molar refractivity (Wildman–Crippen MR) is 157 cm³/mol. The third-order valence-electron chi connectivity index (χ3n) is 6.51. The molecule has 42 heavy (non-hydrogen) atoms. The molecule has 220 valence electrons. The van der Waals surface area contributed by atoms with Crippen molar-refractivity contribution in [1.82, 2.24) is 10.2 Å². The van der Waals surface area contributed by atoms with Gasteiger partial charge in [0, 0.05) is 55.2 Å². The fourth-order valence-corrected chi connectivity index (χ4v) is 5.11. The SMILES string of the molecule is N#Cc1cc(Cl)cc(Oc2c(Br)ccc(CC(=O)Nc3ccc(C(=O)NCCN4CCC(F)(F)CC4)cc3Cl)c2F)c1. The van der Waals surface area contributed by atoms with Gasteiger partial charge in [0.05, 0.1) is 33.2 Å². The standard InChI is InChI=1S/C29H24BrCl2F3N4O3/c30-22-3-1-18(26(33)27(22)42-21-12-17(16-36)11-20(31)15-21)14-25(40)38-24-4-2-19(13-23(24)32)28(41)37-7-10-39-8-5-29(34,35)6-9-39/h1-4,11-13,15H,5-10,14H2,(H,37,41)(H,38,40).